The van der Waals surface area contributed by atoms with Gasteiger partial charge in [0.15, 0.2) is 0 Å². The van der Waals surface area contributed by atoms with Gasteiger partial charge in [-0.25, -0.2) is 4.79 Å². The molecule has 3 rings (SSSR count). The van der Waals surface area contributed by atoms with Crippen molar-refractivity contribution in [3.63, 3.8) is 0 Å². The van der Waals surface area contributed by atoms with E-state index < -0.39 is 0 Å². The lowest BCUT2D eigenvalue weighted by molar-refractivity contribution is -0.115. The van der Waals surface area contributed by atoms with Crippen molar-refractivity contribution in [3.8, 4) is 0 Å². The van der Waals surface area contributed by atoms with Crippen molar-refractivity contribution >= 4 is 28.2 Å². The molecule has 0 aromatic carbocycles. The summed E-state index contributed by atoms with van der Waals surface area (Å²) >= 11 is 1.49. The van der Waals surface area contributed by atoms with E-state index in [4.69, 9.17) is 9.15 Å². The maximum absolute atomic E-state index is 12.4. The highest BCUT2D eigenvalue weighted by Gasteiger charge is 2.28. The summed E-state index contributed by atoms with van der Waals surface area (Å²) in [5, 5.41) is 6.59. The van der Waals surface area contributed by atoms with Crippen LogP contribution in [0.5, 0.6) is 0 Å². The monoisotopic (exact) mass is 376 g/mol. The predicted molar refractivity (Wildman–Crippen MR) is 101 cm³/mol. The molecular weight excluding hydrogens is 352 g/mol. The molecule has 0 aliphatic heterocycles. The SMILES string of the molecule is COC(=O)c1c(NC(=O)CN[C@@H](C)c2ccco2)sc2c1CC[C@H](C)C2. The first-order valence-electron chi connectivity index (χ1n) is 8.79. The van der Waals surface area contributed by atoms with Crippen molar-refractivity contribution in [1.29, 1.82) is 0 Å². The second kappa shape index (κ2) is 8.05. The number of thiophene rings is 1. The fourth-order valence-electron chi connectivity index (χ4n) is 3.21. The van der Waals surface area contributed by atoms with Gasteiger partial charge in [-0.3, -0.25) is 10.1 Å². The maximum Gasteiger partial charge on any atom is 0.341 e. The molecule has 0 bridgehead atoms. The van der Waals surface area contributed by atoms with Crippen LogP contribution in [0.3, 0.4) is 0 Å². The number of carbonyl (C=O) groups excluding carboxylic acids is 2. The first-order valence-corrected chi connectivity index (χ1v) is 9.60. The van der Waals surface area contributed by atoms with Crippen molar-refractivity contribution in [3.05, 3.63) is 40.2 Å². The fraction of sp³-hybridized carbons (Fsp3) is 0.474. The molecular formula is C19H24N2O4S. The molecule has 2 heterocycles. The molecule has 2 aromatic rings. The molecule has 1 aliphatic carbocycles. The van der Waals surface area contributed by atoms with E-state index in [2.05, 4.69) is 17.6 Å². The molecule has 0 fully saturated rings. The minimum atomic E-state index is -0.385. The van der Waals surface area contributed by atoms with Crippen LogP contribution in [0.25, 0.3) is 0 Å². The van der Waals surface area contributed by atoms with Gasteiger partial charge in [0.2, 0.25) is 5.91 Å². The third-order valence-corrected chi connectivity index (χ3v) is 5.86. The maximum atomic E-state index is 12.4. The van der Waals surface area contributed by atoms with Gasteiger partial charge in [-0.15, -0.1) is 11.3 Å². The topological polar surface area (TPSA) is 80.6 Å². The standard InChI is InChI=1S/C19H24N2O4S/c1-11-6-7-13-15(9-11)26-18(17(13)19(23)24-3)21-16(22)10-20-12(2)14-5-4-8-25-14/h4-5,8,11-12,20H,6-7,9-10H2,1-3H3,(H,21,22)/t11-,12-/m0/s1. The van der Waals surface area contributed by atoms with Crippen LogP contribution in [0.1, 0.15) is 52.9 Å². The summed E-state index contributed by atoms with van der Waals surface area (Å²) in [7, 11) is 1.37. The van der Waals surface area contributed by atoms with Crippen molar-refractivity contribution in [2.45, 2.75) is 39.2 Å². The van der Waals surface area contributed by atoms with E-state index >= 15 is 0 Å². The van der Waals surface area contributed by atoms with E-state index in [0.717, 1.165) is 30.6 Å². The lowest BCUT2D eigenvalue weighted by atomic mass is 9.88. The summed E-state index contributed by atoms with van der Waals surface area (Å²) in [5.74, 6) is 0.782. The van der Waals surface area contributed by atoms with Gasteiger partial charge < -0.3 is 14.5 Å². The second-order valence-electron chi connectivity index (χ2n) is 6.71. The average molecular weight is 376 g/mol. The summed E-state index contributed by atoms with van der Waals surface area (Å²) < 4.78 is 10.3. The number of ether oxygens (including phenoxy) is 1. The fourth-order valence-corrected chi connectivity index (χ4v) is 4.63. The Morgan fingerprint density at radius 3 is 2.96 bits per heavy atom. The predicted octanol–water partition coefficient (Wildman–Crippen LogP) is 3.54. The lowest BCUT2D eigenvalue weighted by Crippen LogP contribution is -2.30. The molecule has 26 heavy (non-hydrogen) atoms. The number of anilines is 1. The van der Waals surface area contributed by atoms with Gasteiger partial charge in [0.1, 0.15) is 10.8 Å². The van der Waals surface area contributed by atoms with Crippen LogP contribution in [0.2, 0.25) is 0 Å². The Hall–Kier alpha value is -2.12. The third kappa shape index (κ3) is 3.99. The molecule has 0 saturated heterocycles. The molecule has 140 valence electrons. The number of nitrogens with one attached hydrogen (secondary N) is 2. The van der Waals surface area contributed by atoms with E-state index in [1.165, 1.54) is 23.3 Å². The van der Waals surface area contributed by atoms with Crippen molar-refractivity contribution in [1.82, 2.24) is 5.32 Å². The van der Waals surface area contributed by atoms with Crippen LogP contribution in [0.15, 0.2) is 22.8 Å². The molecule has 2 N–H and O–H groups in total. The molecule has 1 aliphatic rings. The zero-order valence-electron chi connectivity index (χ0n) is 15.3. The summed E-state index contributed by atoms with van der Waals surface area (Å²) in [6.45, 7) is 4.26. The zero-order chi connectivity index (χ0) is 18.7. The Labute approximate surface area is 156 Å². The zero-order valence-corrected chi connectivity index (χ0v) is 16.1. The number of furan rings is 1. The number of fused-ring (bicyclic) bond motifs is 1. The van der Waals surface area contributed by atoms with Crippen LogP contribution >= 0.6 is 11.3 Å². The molecule has 0 unspecified atom stereocenters. The van der Waals surface area contributed by atoms with E-state index in [0.29, 0.717) is 16.5 Å². The summed E-state index contributed by atoms with van der Waals surface area (Å²) in [6.07, 6.45) is 4.44. The highest BCUT2D eigenvalue weighted by atomic mass is 32.1. The van der Waals surface area contributed by atoms with E-state index in [9.17, 15) is 9.59 Å². The molecule has 0 spiro atoms. The number of hydrogen-bond donors (Lipinski definition) is 2. The normalized spacial score (nSPS) is 17.4. The molecule has 7 heteroatoms. The molecule has 2 atom stereocenters. The molecule has 1 amide bonds. The summed E-state index contributed by atoms with van der Waals surface area (Å²) in [4.78, 5) is 25.8. The molecule has 0 radical (unpaired) electrons. The van der Waals surface area contributed by atoms with Gasteiger partial charge in [0.25, 0.3) is 0 Å². The van der Waals surface area contributed by atoms with Crippen LogP contribution in [-0.4, -0.2) is 25.5 Å². The highest BCUT2D eigenvalue weighted by Crippen LogP contribution is 2.39. The van der Waals surface area contributed by atoms with Gasteiger partial charge in [0, 0.05) is 4.88 Å². The van der Waals surface area contributed by atoms with E-state index in [-0.39, 0.29) is 24.5 Å². The Morgan fingerprint density at radius 1 is 1.46 bits per heavy atom. The van der Waals surface area contributed by atoms with Crippen molar-refractivity contribution in [2.24, 2.45) is 5.92 Å². The summed E-state index contributed by atoms with van der Waals surface area (Å²) in [5.41, 5.74) is 1.55. The van der Waals surface area contributed by atoms with Crippen molar-refractivity contribution < 1.29 is 18.7 Å². The molecule has 2 aromatic heterocycles. The minimum absolute atomic E-state index is 0.0757. The second-order valence-corrected chi connectivity index (χ2v) is 7.82. The number of esters is 1. The number of carbonyl (C=O) groups is 2. The quantitative estimate of drug-likeness (QED) is 0.754. The molecule has 0 saturated carbocycles. The Balaban J connectivity index is 1.70. The van der Waals surface area contributed by atoms with E-state index in [1.807, 2.05) is 19.1 Å². The van der Waals surface area contributed by atoms with Gasteiger partial charge in [0.05, 0.1) is 31.5 Å². The van der Waals surface area contributed by atoms with E-state index in [1.54, 1.807) is 6.26 Å². The molecule has 6 nitrogen and oxygen atoms in total. The average Bonchev–Trinajstić information content (AvgIpc) is 3.26. The Kier molecular flexibility index (Phi) is 5.78. The van der Waals surface area contributed by atoms with Crippen molar-refractivity contribution in [2.75, 3.05) is 19.0 Å². The first kappa shape index (κ1) is 18.7. The third-order valence-electron chi connectivity index (χ3n) is 4.69. The first-order chi connectivity index (χ1) is 12.5. The lowest BCUT2D eigenvalue weighted by Gasteiger charge is -2.18. The smallest absolute Gasteiger partial charge is 0.341 e. The van der Waals surface area contributed by atoms with Crippen LogP contribution in [0.4, 0.5) is 5.00 Å². The largest absolute Gasteiger partial charge is 0.468 e. The van der Waals surface area contributed by atoms with Crippen LogP contribution in [0, 0.1) is 5.92 Å². The van der Waals surface area contributed by atoms with Gasteiger partial charge in [-0.2, -0.15) is 0 Å². The Morgan fingerprint density at radius 2 is 2.27 bits per heavy atom. The Bertz CT molecular complexity index is 782. The number of hydrogen-bond acceptors (Lipinski definition) is 6. The van der Waals surface area contributed by atoms with Gasteiger partial charge in [-0.1, -0.05) is 6.92 Å². The number of amides is 1. The highest BCUT2D eigenvalue weighted by molar-refractivity contribution is 7.17. The minimum Gasteiger partial charge on any atom is -0.468 e. The van der Waals surface area contributed by atoms with Crippen LogP contribution < -0.4 is 10.6 Å². The van der Waals surface area contributed by atoms with Crippen LogP contribution in [-0.2, 0) is 22.4 Å². The number of rotatable bonds is 6. The number of methoxy groups -OCH3 is 1. The van der Waals surface area contributed by atoms with Gasteiger partial charge in [-0.05, 0) is 49.8 Å². The summed E-state index contributed by atoms with van der Waals surface area (Å²) in [6, 6.07) is 3.60. The van der Waals surface area contributed by atoms with Gasteiger partial charge >= 0.3 is 5.97 Å².